The summed E-state index contributed by atoms with van der Waals surface area (Å²) in [5.74, 6) is -0.462. The molecule has 0 aromatic carbocycles. The van der Waals surface area contributed by atoms with E-state index in [1.54, 1.807) is 0 Å². The van der Waals surface area contributed by atoms with Crippen molar-refractivity contribution in [2.75, 3.05) is 7.11 Å². The number of nitrogens with zero attached hydrogens (tertiary/aromatic N) is 1. The van der Waals surface area contributed by atoms with Crippen LogP contribution in [0, 0.1) is 0 Å². The molecule has 0 aliphatic rings. The van der Waals surface area contributed by atoms with Crippen LogP contribution in [0.1, 0.15) is 15.4 Å². The number of methoxy groups -OCH3 is 1. The van der Waals surface area contributed by atoms with Crippen molar-refractivity contribution in [1.82, 2.24) is 9.97 Å². The molecule has 2 heterocycles. The van der Waals surface area contributed by atoms with Gasteiger partial charge in [0.05, 0.1) is 18.2 Å². The molecule has 0 radical (unpaired) electrons. The summed E-state index contributed by atoms with van der Waals surface area (Å²) in [6.07, 6.45) is -3.75. The number of hydrogen-bond donors (Lipinski definition) is 1. The molecule has 4 nitrogen and oxygen atoms in total. The molecular formula is C10H7F3N2O2S. The molecule has 8 heteroatoms. The monoisotopic (exact) mass is 276 g/mol. The average Bonchev–Trinajstić information content (AvgIpc) is 2.94. The van der Waals surface area contributed by atoms with Crippen LogP contribution < -0.4 is 0 Å². The number of imidazole rings is 1. The lowest BCUT2D eigenvalue weighted by Crippen LogP contribution is -2.04. The summed E-state index contributed by atoms with van der Waals surface area (Å²) in [4.78, 5) is 17.7. The lowest BCUT2D eigenvalue weighted by atomic mass is 10.4. The molecule has 18 heavy (non-hydrogen) atoms. The first-order chi connectivity index (χ1) is 8.41. The molecule has 1 N–H and O–H groups in total. The lowest BCUT2D eigenvalue weighted by Gasteiger charge is -2.00. The largest absolute Gasteiger partial charge is 0.465 e. The van der Waals surface area contributed by atoms with Gasteiger partial charge in [0.15, 0.2) is 0 Å². The molecule has 0 amide bonds. The van der Waals surface area contributed by atoms with Gasteiger partial charge < -0.3 is 9.72 Å². The van der Waals surface area contributed by atoms with Crippen molar-refractivity contribution in [3.63, 3.8) is 0 Å². The van der Waals surface area contributed by atoms with E-state index in [0.717, 1.165) is 11.3 Å². The molecule has 0 aliphatic carbocycles. The predicted octanol–water partition coefficient (Wildman–Crippen LogP) is 2.94. The van der Waals surface area contributed by atoms with Gasteiger partial charge in [0.2, 0.25) is 0 Å². The summed E-state index contributed by atoms with van der Waals surface area (Å²) < 4.78 is 41.6. The minimum Gasteiger partial charge on any atom is -0.465 e. The van der Waals surface area contributed by atoms with Crippen LogP contribution >= 0.6 is 11.3 Å². The van der Waals surface area contributed by atoms with Gasteiger partial charge in [0, 0.05) is 0 Å². The van der Waals surface area contributed by atoms with Crippen molar-refractivity contribution in [2.24, 2.45) is 0 Å². The van der Waals surface area contributed by atoms with Crippen molar-refractivity contribution in [3.05, 3.63) is 28.9 Å². The lowest BCUT2D eigenvalue weighted by molar-refractivity contribution is -0.140. The van der Waals surface area contributed by atoms with Crippen LogP contribution in [0.2, 0.25) is 0 Å². The smallest absolute Gasteiger partial charge is 0.432 e. The number of halogens is 3. The van der Waals surface area contributed by atoms with E-state index in [1.807, 2.05) is 0 Å². The van der Waals surface area contributed by atoms with Gasteiger partial charge >= 0.3 is 12.1 Å². The average molecular weight is 276 g/mol. The summed E-state index contributed by atoms with van der Waals surface area (Å²) >= 11 is 1.01. The second kappa shape index (κ2) is 4.45. The van der Waals surface area contributed by atoms with Crippen LogP contribution in [0.3, 0.4) is 0 Å². The number of hydrogen-bond acceptors (Lipinski definition) is 4. The Morgan fingerprint density at radius 2 is 2.17 bits per heavy atom. The normalized spacial score (nSPS) is 11.6. The summed E-state index contributed by atoms with van der Waals surface area (Å²) in [6, 6.07) is 2.98. The fraction of sp³-hybridized carbons (Fsp3) is 0.200. The molecule has 96 valence electrons. The van der Waals surface area contributed by atoms with Gasteiger partial charge in [-0.25, -0.2) is 9.78 Å². The zero-order valence-electron chi connectivity index (χ0n) is 9.04. The first-order valence-electron chi connectivity index (χ1n) is 4.72. The van der Waals surface area contributed by atoms with Crippen molar-refractivity contribution in [1.29, 1.82) is 0 Å². The fourth-order valence-electron chi connectivity index (χ4n) is 1.27. The third-order valence-corrected chi connectivity index (χ3v) is 3.18. The Morgan fingerprint density at radius 1 is 1.44 bits per heavy atom. The van der Waals surface area contributed by atoms with Gasteiger partial charge in [-0.1, -0.05) is 0 Å². The van der Waals surface area contributed by atoms with Gasteiger partial charge in [-0.05, 0) is 12.1 Å². The van der Waals surface area contributed by atoms with E-state index in [9.17, 15) is 18.0 Å². The van der Waals surface area contributed by atoms with Gasteiger partial charge in [0.1, 0.15) is 16.4 Å². The van der Waals surface area contributed by atoms with Crippen molar-refractivity contribution in [3.8, 4) is 10.7 Å². The zero-order chi connectivity index (χ0) is 13.3. The molecule has 2 aromatic heterocycles. The number of aromatic amines is 1. The molecule has 2 aromatic rings. The maximum atomic E-state index is 12.4. The minimum absolute atomic E-state index is 0.0717. The molecule has 0 atom stereocenters. The van der Waals surface area contributed by atoms with Gasteiger partial charge in [0.25, 0.3) is 0 Å². The van der Waals surface area contributed by atoms with Crippen LogP contribution in [0.25, 0.3) is 10.7 Å². The maximum Gasteiger partial charge on any atom is 0.432 e. The summed E-state index contributed by atoms with van der Waals surface area (Å²) in [5.41, 5.74) is -0.925. The van der Waals surface area contributed by atoms with E-state index in [1.165, 1.54) is 19.2 Å². The fourth-order valence-corrected chi connectivity index (χ4v) is 2.14. The topological polar surface area (TPSA) is 55.0 Å². The van der Waals surface area contributed by atoms with Crippen molar-refractivity contribution >= 4 is 17.3 Å². The number of thiophene rings is 1. The van der Waals surface area contributed by atoms with Crippen LogP contribution in [0.5, 0.6) is 0 Å². The van der Waals surface area contributed by atoms with Gasteiger partial charge in [-0.3, -0.25) is 0 Å². The number of carbonyl (C=O) groups is 1. The van der Waals surface area contributed by atoms with Crippen LogP contribution in [0.15, 0.2) is 18.3 Å². The Kier molecular flexibility index (Phi) is 3.12. The number of carbonyl (C=O) groups excluding carboxylic acids is 1. The first-order valence-corrected chi connectivity index (χ1v) is 5.54. The van der Waals surface area contributed by atoms with E-state index in [0.29, 0.717) is 16.0 Å². The van der Waals surface area contributed by atoms with Crippen LogP contribution in [0.4, 0.5) is 13.2 Å². The Hall–Kier alpha value is -1.83. The molecule has 0 spiro atoms. The quantitative estimate of drug-likeness (QED) is 0.858. The molecule has 0 fully saturated rings. The van der Waals surface area contributed by atoms with E-state index in [-0.39, 0.29) is 5.82 Å². The molecule has 0 unspecified atom stereocenters. The van der Waals surface area contributed by atoms with Gasteiger partial charge in [-0.2, -0.15) is 13.2 Å². The van der Waals surface area contributed by atoms with Crippen molar-refractivity contribution < 1.29 is 22.7 Å². The maximum absolute atomic E-state index is 12.4. The molecular weight excluding hydrogens is 269 g/mol. The SMILES string of the molecule is COC(=O)c1ccc(-c2ncc(C(F)(F)F)[nH]2)s1. The number of rotatable bonds is 2. The Labute approximate surface area is 103 Å². The number of nitrogens with one attached hydrogen (secondary N) is 1. The van der Waals surface area contributed by atoms with Crippen molar-refractivity contribution in [2.45, 2.75) is 6.18 Å². The molecule has 0 aliphatic heterocycles. The predicted molar refractivity (Wildman–Crippen MR) is 58.2 cm³/mol. The summed E-state index contributed by atoms with van der Waals surface area (Å²) in [5, 5.41) is 0. The number of esters is 1. The second-order valence-corrected chi connectivity index (χ2v) is 4.38. The molecule has 0 saturated carbocycles. The van der Waals surface area contributed by atoms with Crippen LogP contribution in [-0.4, -0.2) is 23.0 Å². The summed E-state index contributed by atoms with van der Waals surface area (Å²) in [6.45, 7) is 0. The number of alkyl halides is 3. The van der Waals surface area contributed by atoms with Crippen LogP contribution in [-0.2, 0) is 10.9 Å². The highest BCUT2D eigenvalue weighted by Gasteiger charge is 2.33. The number of H-pyrrole nitrogens is 1. The molecule has 0 saturated heterocycles. The van der Waals surface area contributed by atoms with E-state index < -0.39 is 17.8 Å². The zero-order valence-corrected chi connectivity index (χ0v) is 9.85. The van der Waals surface area contributed by atoms with Gasteiger partial charge in [-0.15, -0.1) is 11.3 Å². The highest BCUT2D eigenvalue weighted by Crippen LogP contribution is 2.31. The van der Waals surface area contributed by atoms with E-state index in [4.69, 9.17) is 0 Å². The third-order valence-electron chi connectivity index (χ3n) is 2.11. The highest BCUT2D eigenvalue weighted by atomic mass is 32.1. The van der Waals surface area contributed by atoms with E-state index >= 15 is 0 Å². The summed E-state index contributed by atoms with van der Waals surface area (Å²) in [7, 11) is 1.23. The highest BCUT2D eigenvalue weighted by molar-refractivity contribution is 7.17. The molecule has 0 bridgehead atoms. The standard InChI is InChI=1S/C10H7F3N2O2S/c1-17-9(16)6-3-2-5(18-6)8-14-4-7(15-8)10(11,12)13/h2-4H,1H3,(H,14,15). The first kappa shape index (κ1) is 12.6. The Morgan fingerprint density at radius 3 is 2.72 bits per heavy atom. The Bertz CT molecular complexity index is 574. The number of aromatic nitrogens is 2. The van der Waals surface area contributed by atoms with E-state index in [2.05, 4.69) is 14.7 Å². The third kappa shape index (κ3) is 2.37. The second-order valence-electron chi connectivity index (χ2n) is 3.30. The Balaban J connectivity index is 2.30. The minimum atomic E-state index is -4.46. The molecule has 2 rings (SSSR count). The number of ether oxygens (including phenoxy) is 1.